The third-order valence-corrected chi connectivity index (χ3v) is 5.51. The van der Waals surface area contributed by atoms with E-state index in [9.17, 15) is 28.6 Å². The molecule has 32 heavy (non-hydrogen) atoms. The van der Waals surface area contributed by atoms with E-state index >= 15 is 0 Å². The Morgan fingerprint density at radius 2 is 1.56 bits per heavy atom. The lowest BCUT2D eigenvalue weighted by Gasteiger charge is -2.18. The summed E-state index contributed by atoms with van der Waals surface area (Å²) in [6.07, 6.45) is -1.68. The maximum absolute atomic E-state index is 14.0. The van der Waals surface area contributed by atoms with Crippen LogP contribution in [0.25, 0.3) is 11.1 Å². The predicted molar refractivity (Wildman–Crippen MR) is 111 cm³/mol. The highest BCUT2D eigenvalue weighted by atomic mass is 19.2. The van der Waals surface area contributed by atoms with Crippen molar-refractivity contribution in [3.8, 4) is 16.9 Å². The minimum atomic E-state index is -1.63. The van der Waals surface area contributed by atoms with Gasteiger partial charge < -0.3 is 20.3 Å². The Balaban J connectivity index is 1.46. The van der Waals surface area contributed by atoms with Crippen LogP contribution in [0.4, 0.5) is 13.6 Å². The highest BCUT2D eigenvalue weighted by molar-refractivity contribution is 5.81. The van der Waals surface area contributed by atoms with Gasteiger partial charge in [-0.25, -0.2) is 18.4 Å². The quantitative estimate of drug-likeness (QED) is 0.535. The van der Waals surface area contributed by atoms with Crippen LogP contribution in [-0.2, 0) is 16.0 Å². The zero-order valence-corrected chi connectivity index (χ0v) is 16.7. The van der Waals surface area contributed by atoms with E-state index in [0.29, 0.717) is 0 Å². The third kappa shape index (κ3) is 3.99. The van der Waals surface area contributed by atoms with Crippen molar-refractivity contribution in [2.24, 2.45) is 0 Å². The Hall–Kier alpha value is -3.94. The first kappa shape index (κ1) is 21.3. The average Bonchev–Trinajstić information content (AvgIpc) is 3.11. The number of carbonyl (C=O) groups excluding carboxylic acids is 1. The van der Waals surface area contributed by atoms with Gasteiger partial charge in [0.2, 0.25) is 0 Å². The second kappa shape index (κ2) is 8.66. The van der Waals surface area contributed by atoms with Crippen LogP contribution in [0.2, 0.25) is 0 Å². The zero-order valence-electron chi connectivity index (χ0n) is 16.7. The van der Waals surface area contributed by atoms with Gasteiger partial charge in [-0.2, -0.15) is 0 Å². The molecule has 0 fully saturated rings. The van der Waals surface area contributed by atoms with Gasteiger partial charge in [0, 0.05) is 17.9 Å². The number of benzene rings is 3. The van der Waals surface area contributed by atoms with Gasteiger partial charge in [-0.15, -0.1) is 0 Å². The van der Waals surface area contributed by atoms with E-state index in [1.54, 1.807) is 0 Å². The number of amides is 1. The van der Waals surface area contributed by atoms with Crippen molar-refractivity contribution in [2.75, 3.05) is 6.61 Å². The molecule has 164 valence electrons. The first-order valence-corrected chi connectivity index (χ1v) is 9.87. The van der Waals surface area contributed by atoms with Crippen LogP contribution in [0.5, 0.6) is 5.75 Å². The van der Waals surface area contributed by atoms with E-state index in [1.807, 2.05) is 48.5 Å². The number of phenols is 1. The van der Waals surface area contributed by atoms with Crippen LogP contribution < -0.4 is 5.32 Å². The summed E-state index contributed by atoms with van der Waals surface area (Å²) in [5.74, 6) is -4.92. The van der Waals surface area contributed by atoms with Crippen molar-refractivity contribution in [1.29, 1.82) is 0 Å². The van der Waals surface area contributed by atoms with E-state index in [0.717, 1.165) is 34.4 Å². The fourth-order valence-electron chi connectivity index (χ4n) is 3.96. The van der Waals surface area contributed by atoms with Crippen LogP contribution in [0, 0.1) is 11.6 Å². The summed E-state index contributed by atoms with van der Waals surface area (Å²) in [7, 11) is 0. The summed E-state index contributed by atoms with van der Waals surface area (Å²) in [6, 6.07) is 15.5. The molecule has 4 rings (SSSR count). The molecular weight excluding hydrogens is 420 g/mol. The minimum absolute atomic E-state index is 0.0359. The van der Waals surface area contributed by atoms with E-state index in [1.165, 1.54) is 0 Å². The second-order valence-electron chi connectivity index (χ2n) is 7.42. The fraction of sp³-hybridized carbons (Fsp3) is 0.167. The molecule has 1 amide bonds. The van der Waals surface area contributed by atoms with E-state index in [-0.39, 0.29) is 12.5 Å². The lowest BCUT2D eigenvalue weighted by molar-refractivity contribution is -0.139. The largest absolute Gasteiger partial charge is 0.508 e. The highest BCUT2D eigenvalue weighted by Gasteiger charge is 2.30. The van der Waals surface area contributed by atoms with E-state index < -0.39 is 47.5 Å². The molecule has 3 aromatic rings. The number of alkyl carbamates (subject to hydrolysis) is 1. The first-order chi connectivity index (χ1) is 15.4. The molecule has 0 spiro atoms. The molecule has 1 unspecified atom stereocenters. The summed E-state index contributed by atoms with van der Waals surface area (Å²) in [4.78, 5) is 23.9. The van der Waals surface area contributed by atoms with Crippen LogP contribution in [0.15, 0.2) is 60.7 Å². The lowest BCUT2D eigenvalue weighted by atomic mass is 9.98. The fourth-order valence-corrected chi connectivity index (χ4v) is 3.96. The van der Waals surface area contributed by atoms with Crippen molar-refractivity contribution >= 4 is 12.1 Å². The van der Waals surface area contributed by atoms with Crippen molar-refractivity contribution < 1.29 is 33.3 Å². The number of phenolic OH excluding ortho intramolecular Hbond substituents is 1. The molecule has 0 radical (unpaired) electrons. The Kier molecular flexibility index (Phi) is 5.77. The summed E-state index contributed by atoms with van der Waals surface area (Å²) in [5.41, 5.74) is 3.51. The smallest absolute Gasteiger partial charge is 0.407 e. The van der Waals surface area contributed by atoms with Crippen molar-refractivity contribution in [3.05, 3.63) is 89.0 Å². The highest BCUT2D eigenvalue weighted by Crippen LogP contribution is 2.44. The van der Waals surface area contributed by atoms with Crippen LogP contribution in [0.3, 0.4) is 0 Å². The zero-order chi connectivity index (χ0) is 22.8. The SMILES string of the molecule is O=C(NC(Cc1c(O)ccc(F)c1F)C(=O)O)OCC1c2ccccc2-c2ccccc21. The van der Waals surface area contributed by atoms with Crippen molar-refractivity contribution in [3.63, 3.8) is 0 Å². The Morgan fingerprint density at radius 1 is 0.969 bits per heavy atom. The van der Waals surface area contributed by atoms with Gasteiger partial charge in [-0.1, -0.05) is 48.5 Å². The van der Waals surface area contributed by atoms with Crippen LogP contribution in [0.1, 0.15) is 22.6 Å². The molecule has 1 aliphatic rings. The number of hydrogen-bond donors (Lipinski definition) is 3. The maximum atomic E-state index is 14.0. The molecule has 1 aliphatic carbocycles. The van der Waals surface area contributed by atoms with Gasteiger partial charge >= 0.3 is 12.1 Å². The number of rotatable bonds is 6. The minimum Gasteiger partial charge on any atom is -0.508 e. The topological polar surface area (TPSA) is 95.9 Å². The van der Waals surface area contributed by atoms with Crippen LogP contribution >= 0.6 is 0 Å². The van der Waals surface area contributed by atoms with Gasteiger partial charge in [0.05, 0.1) is 0 Å². The molecule has 0 aromatic heterocycles. The molecule has 0 aliphatic heterocycles. The average molecular weight is 439 g/mol. The molecule has 0 heterocycles. The molecule has 1 atom stereocenters. The van der Waals surface area contributed by atoms with Crippen LogP contribution in [-0.4, -0.2) is 34.9 Å². The summed E-state index contributed by atoms with van der Waals surface area (Å²) < 4.78 is 32.7. The lowest BCUT2D eigenvalue weighted by Crippen LogP contribution is -2.43. The van der Waals surface area contributed by atoms with E-state index in [4.69, 9.17) is 4.74 Å². The maximum Gasteiger partial charge on any atom is 0.407 e. The van der Waals surface area contributed by atoms with Gasteiger partial charge in [0.15, 0.2) is 11.6 Å². The standard InChI is InChI=1S/C24H19F2NO5/c25-19-9-10-21(28)17(22(19)26)11-20(23(29)30)27-24(31)32-12-18-15-7-3-1-5-13(15)14-6-2-4-8-16(14)18/h1-10,18,20,28H,11-12H2,(H,27,31)(H,29,30). The predicted octanol–water partition coefficient (Wildman–Crippen LogP) is 4.20. The summed E-state index contributed by atoms with van der Waals surface area (Å²) in [6.45, 7) is -0.0359. The normalized spacial score (nSPS) is 13.2. The van der Waals surface area contributed by atoms with Crippen molar-refractivity contribution in [1.82, 2.24) is 5.32 Å². The molecule has 3 aromatic carbocycles. The Labute approximate surface area is 182 Å². The number of carbonyl (C=O) groups is 2. The number of nitrogens with one attached hydrogen (secondary N) is 1. The number of halogens is 2. The monoisotopic (exact) mass is 439 g/mol. The molecule has 0 bridgehead atoms. The number of aliphatic carboxylic acids is 1. The van der Waals surface area contributed by atoms with Gasteiger partial charge in [0.25, 0.3) is 0 Å². The summed E-state index contributed by atoms with van der Waals surface area (Å²) in [5, 5.41) is 21.3. The number of fused-ring (bicyclic) bond motifs is 3. The van der Waals surface area contributed by atoms with Gasteiger partial charge in [0.1, 0.15) is 18.4 Å². The Bertz CT molecular complexity index is 1150. The number of hydrogen-bond acceptors (Lipinski definition) is 4. The number of aromatic hydroxyl groups is 1. The first-order valence-electron chi connectivity index (χ1n) is 9.87. The second-order valence-corrected chi connectivity index (χ2v) is 7.42. The molecule has 8 heteroatoms. The molecule has 6 nitrogen and oxygen atoms in total. The van der Waals surface area contributed by atoms with Gasteiger partial charge in [-0.05, 0) is 34.4 Å². The number of carboxylic acid groups (broad SMARTS) is 1. The number of ether oxygens (including phenoxy) is 1. The molecular formula is C24H19F2NO5. The van der Waals surface area contributed by atoms with Gasteiger partial charge in [-0.3, -0.25) is 0 Å². The third-order valence-electron chi connectivity index (χ3n) is 5.51. The molecule has 0 saturated heterocycles. The van der Waals surface area contributed by atoms with E-state index in [2.05, 4.69) is 5.32 Å². The van der Waals surface area contributed by atoms with Crippen molar-refractivity contribution in [2.45, 2.75) is 18.4 Å². The Morgan fingerprint density at radius 3 is 2.16 bits per heavy atom. The number of carboxylic acids is 1. The summed E-state index contributed by atoms with van der Waals surface area (Å²) >= 11 is 0. The molecule has 3 N–H and O–H groups in total. The molecule has 0 saturated carbocycles.